The van der Waals surface area contributed by atoms with Gasteiger partial charge in [-0.3, -0.25) is 8.97 Å². The molecule has 0 aliphatic heterocycles. The van der Waals surface area contributed by atoms with Crippen LogP contribution in [0.4, 0.5) is 0 Å². The minimum absolute atomic E-state index is 0.229. The van der Waals surface area contributed by atoms with Crippen LogP contribution in [0.15, 0.2) is 18.3 Å². The molecule has 104 valence electrons. The van der Waals surface area contributed by atoms with Crippen LogP contribution in [-0.2, 0) is 10.7 Å². The van der Waals surface area contributed by atoms with Gasteiger partial charge in [-0.1, -0.05) is 11.6 Å². The van der Waals surface area contributed by atoms with Gasteiger partial charge in [0.2, 0.25) is 0 Å². The van der Waals surface area contributed by atoms with E-state index < -0.39 is 13.8 Å². The van der Waals surface area contributed by atoms with Gasteiger partial charge in [0, 0.05) is 0 Å². The highest BCUT2D eigenvalue weighted by Crippen LogP contribution is 2.41. The first kappa shape index (κ1) is 13.2. The van der Waals surface area contributed by atoms with E-state index in [1.807, 2.05) is 0 Å². The van der Waals surface area contributed by atoms with Crippen LogP contribution in [0.1, 0.15) is 5.69 Å². The molecule has 0 aliphatic rings. The molecule has 9 nitrogen and oxygen atoms in total. The Morgan fingerprint density at radius 2 is 2.20 bits per heavy atom. The summed E-state index contributed by atoms with van der Waals surface area (Å²) in [5.41, 5.74) is 1.21. The maximum absolute atomic E-state index is 11.3. The summed E-state index contributed by atoms with van der Waals surface area (Å²) in [7, 11) is -4.29. The summed E-state index contributed by atoms with van der Waals surface area (Å²) in [6, 6.07) is 3.18. The number of pyridine rings is 1. The third-order valence-electron chi connectivity index (χ3n) is 2.66. The van der Waals surface area contributed by atoms with E-state index in [-0.39, 0.29) is 10.7 Å². The predicted molar refractivity (Wildman–Crippen MR) is 69.1 cm³/mol. The summed E-state index contributed by atoms with van der Waals surface area (Å²) in [5.74, 6) is 0.326. The molecule has 0 radical (unpaired) electrons. The van der Waals surface area contributed by atoms with Gasteiger partial charge in [-0.2, -0.15) is 0 Å². The van der Waals surface area contributed by atoms with Crippen molar-refractivity contribution in [3.63, 3.8) is 0 Å². The van der Waals surface area contributed by atoms with E-state index in [1.165, 1.54) is 16.7 Å². The van der Waals surface area contributed by atoms with Crippen molar-refractivity contribution in [2.75, 3.05) is 0 Å². The number of hydrogen-bond acceptors (Lipinski definition) is 5. The SMILES string of the molecule is O=P(O)(O)Cc1c(Cl)ccc2ncc(-c3nnn[nH]3)n12. The number of H-pyrrole nitrogens is 1. The Labute approximate surface area is 116 Å². The minimum atomic E-state index is -4.29. The van der Waals surface area contributed by atoms with Crippen molar-refractivity contribution in [1.29, 1.82) is 0 Å². The molecular weight excluding hydrogens is 307 g/mol. The van der Waals surface area contributed by atoms with Gasteiger partial charge in [-0.15, -0.1) is 5.10 Å². The molecule has 3 aromatic rings. The van der Waals surface area contributed by atoms with Crippen molar-refractivity contribution in [3.05, 3.63) is 29.0 Å². The fraction of sp³-hybridized carbons (Fsp3) is 0.111. The standard InChI is InChI=1S/C9H8ClN6O3P/c10-5-1-2-8-11-3-6(9-12-14-15-13-9)16(8)7(5)4-20(17,18)19/h1-3H,4H2,(H2,17,18,19)(H,12,13,14,15). The fourth-order valence-electron chi connectivity index (χ4n) is 1.89. The Morgan fingerprint density at radius 3 is 2.85 bits per heavy atom. The molecule has 0 spiro atoms. The average molecular weight is 315 g/mol. The molecule has 3 N–H and O–H groups in total. The lowest BCUT2D eigenvalue weighted by Gasteiger charge is -2.10. The van der Waals surface area contributed by atoms with Crippen molar-refractivity contribution in [2.24, 2.45) is 0 Å². The highest BCUT2D eigenvalue weighted by atomic mass is 35.5. The summed E-state index contributed by atoms with van der Waals surface area (Å²) in [4.78, 5) is 22.5. The number of aromatic amines is 1. The maximum Gasteiger partial charge on any atom is 0.331 e. The van der Waals surface area contributed by atoms with Crippen molar-refractivity contribution in [3.8, 4) is 11.5 Å². The fourth-order valence-corrected chi connectivity index (χ4v) is 2.90. The molecule has 0 saturated heterocycles. The first-order chi connectivity index (χ1) is 9.46. The molecule has 0 bridgehead atoms. The second-order valence-corrected chi connectivity index (χ2v) is 6.09. The zero-order valence-electron chi connectivity index (χ0n) is 9.80. The van der Waals surface area contributed by atoms with Crippen LogP contribution in [0.2, 0.25) is 5.02 Å². The van der Waals surface area contributed by atoms with Crippen LogP contribution in [0, 0.1) is 0 Å². The van der Waals surface area contributed by atoms with Gasteiger partial charge in [0.25, 0.3) is 0 Å². The van der Waals surface area contributed by atoms with E-state index in [9.17, 15) is 14.4 Å². The monoisotopic (exact) mass is 314 g/mol. The molecule has 3 heterocycles. The zero-order valence-corrected chi connectivity index (χ0v) is 11.5. The minimum Gasteiger partial charge on any atom is -0.324 e. The summed E-state index contributed by atoms with van der Waals surface area (Å²) in [6.45, 7) is 0. The second kappa shape index (κ2) is 4.64. The molecule has 11 heteroatoms. The Kier molecular flexibility index (Phi) is 3.06. The number of aromatic nitrogens is 6. The maximum atomic E-state index is 11.3. The van der Waals surface area contributed by atoms with Crippen LogP contribution >= 0.6 is 19.2 Å². The molecule has 0 saturated carbocycles. The van der Waals surface area contributed by atoms with E-state index in [0.717, 1.165) is 0 Å². The third-order valence-corrected chi connectivity index (χ3v) is 3.71. The van der Waals surface area contributed by atoms with Gasteiger partial charge >= 0.3 is 7.60 Å². The first-order valence-electron chi connectivity index (χ1n) is 5.39. The number of nitrogens with zero attached hydrogens (tertiary/aromatic N) is 5. The lowest BCUT2D eigenvalue weighted by atomic mass is 10.3. The Morgan fingerprint density at radius 1 is 1.40 bits per heavy atom. The molecule has 0 fully saturated rings. The number of halogens is 1. The molecular formula is C9H8ClN6O3P. The van der Waals surface area contributed by atoms with E-state index >= 15 is 0 Å². The van der Waals surface area contributed by atoms with Gasteiger partial charge in [0.15, 0.2) is 5.82 Å². The lowest BCUT2D eigenvalue weighted by Crippen LogP contribution is -2.01. The number of fused-ring (bicyclic) bond motifs is 1. The van der Waals surface area contributed by atoms with Crippen molar-refractivity contribution in [1.82, 2.24) is 30.0 Å². The number of hydrogen-bond donors (Lipinski definition) is 3. The number of tetrazole rings is 1. The Bertz CT molecular complexity index is 811. The smallest absolute Gasteiger partial charge is 0.324 e. The van der Waals surface area contributed by atoms with Gasteiger partial charge in [0.05, 0.1) is 23.1 Å². The third kappa shape index (κ3) is 2.32. The molecule has 3 rings (SSSR count). The van der Waals surface area contributed by atoms with Crippen LogP contribution in [0.5, 0.6) is 0 Å². The number of rotatable bonds is 3. The number of imidazole rings is 1. The topological polar surface area (TPSA) is 129 Å². The summed E-state index contributed by atoms with van der Waals surface area (Å²) in [5, 5.41) is 13.5. The largest absolute Gasteiger partial charge is 0.331 e. The second-order valence-electron chi connectivity index (χ2n) is 4.04. The van der Waals surface area contributed by atoms with Gasteiger partial charge in [0.1, 0.15) is 11.3 Å². The highest BCUT2D eigenvalue weighted by molar-refractivity contribution is 7.50. The summed E-state index contributed by atoms with van der Waals surface area (Å²) in [6.07, 6.45) is 0.991. The molecule has 0 amide bonds. The summed E-state index contributed by atoms with van der Waals surface area (Å²) >= 11 is 6.05. The first-order valence-corrected chi connectivity index (χ1v) is 7.57. The lowest BCUT2D eigenvalue weighted by molar-refractivity contribution is 0.371. The average Bonchev–Trinajstić information content (AvgIpc) is 2.99. The normalized spacial score (nSPS) is 12.2. The Balaban J connectivity index is 2.29. The molecule has 0 aromatic carbocycles. The van der Waals surface area contributed by atoms with Crippen LogP contribution in [0.3, 0.4) is 0 Å². The summed E-state index contributed by atoms with van der Waals surface area (Å²) < 4.78 is 12.8. The highest BCUT2D eigenvalue weighted by Gasteiger charge is 2.22. The molecule has 3 aromatic heterocycles. The van der Waals surface area contributed by atoms with Crippen molar-refractivity contribution >= 4 is 24.8 Å². The predicted octanol–water partition coefficient (Wildman–Crippen LogP) is 0.845. The molecule has 0 atom stereocenters. The zero-order chi connectivity index (χ0) is 14.3. The van der Waals surface area contributed by atoms with E-state index in [1.54, 1.807) is 6.07 Å². The van der Waals surface area contributed by atoms with Crippen LogP contribution in [-0.4, -0.2) is 39.8 Å². The molecule has 0 unspecified atom stereocenters. The van der Waals surface area contributed by atoms with Crippen LogP contribution < -0.4 is 0 Å². The van der Waals surface area contributed by atoms with E-state index in [4.69, 9.17) is 11.6 Å². The van der Waals surface area contributed by atoms with Gasteiger partial charge in [-0.05, 0) is 22.6 Å². The van der Waals surface area contributed by atoms with E-state index in [0.29, 0.717) is 17.2 Å². The van der Waals surface area contributed by atoms with Gasteiger partial charge in [-0.25, -0.2) is 10.1 Å². The van der Waals surface area contributed by atoms with Gasteiger partial charge < -0.3 is 9.79 Å². The molecule has 20 heavy (non-hydrogen) atoms. The van der Waals surface area contributed by atoms with E-state index in [2.05, 4.69) is 25.6 Å². The quantitative estimate of drug-likeness (QED) is 0.611. The van der Waals surface area contributed by atoms with Crippen molar-refractivity contribution in [2.45, 2.75) is 6.16 Å². The van der Waals surface area contributed by atoms with Crippen LogP contribution in [0.25, 0.3) is 17.2 Å². The molecule has 0 aliphatic carbocycles. The van der Waals surface area contributed by atoms with Crippen molar-refractivity contribution < 1.29 is 14.4 Å². The number of nitrogens with one attached hydrogen (secondary N) is 1. The Hall–Kier alpha value is -1.80.